The van der Waals surface area contributed by atoms with Gasteiger partial charge in [0.25, 0.3) is 0 Å². The number of nitrogens with zero attached hydrogens (tertiary/aromatic N) is 3. The Kier molecular flexibility index (Phi) is 4.53. The largest absolute Gasteiger partial charge is 0.355 e. The quantitative estimate of drug-likeness (QED) is 0.887. The summed E-state index contributed by atoms with van der Waals surface area (Å²) in [5.41, 5.74) is 0.992. The number of hydrogen-bond acceptors (Lipinski definition) is 4. The Hall–Kier alpha value is -1.16. The molecule has 0 bridgehead atoms. The van der Waals surface area contributed by atoms with Crippen LogP contribution in [0.4, 0.5) is 5.82 Å². The maximum absolute atomic E-state index is 4.33. The van der Waals surface area contributed by atoms with Crippen LogP contribution >= 0.6 is 0 Å². The molecule has 0 amide bonds. The summed E-state index contributed by atoms with van der Waals surface area (Å²) in [7, 11) is 4.07. The minimum atomic E-state index is 0.623. The Morgan fingerprint density at radius 2 is 2.17 bits per heavy atom. The first-order valence-corrected chi connectivity index (χ1v) is 6.90. The summed E-state index contributed by atoms with van der Waals surface area (Å²) in [6.07, 6.45) is 5.26. The molecule has 0 aliphatic heterocycles. The molecule has 2 atom stereocenters. The molecule has 2 rings (SSSR count). The first-order chi connectivity index (χ1) is 8.70. The molecule has 1 N–H and O–H groups in total. The van der Waals surface area contributed by atoms with Gasteiger partial charge in [-0.15, -0.1) is 5.10 Å². The lowest BCUT2D eigenvalue weighted by Crippen LogP contribution is -2.36. The number of anilines is 1. The first kappa shape index (κ1) is 13.3. The van der Waals surface area contributed by atoms with Crippen molar-refractivity contribution in [1.82, 2.24) is 15.5 Å². The highest BCUT2D eigenvalue weighted by molar-refractivity contribution is 5.37. The van der Waals surface area contributed by atoms with Crippen LogP contribution in [0.3, 0.4) is 0 Å². The molecule has 1 aromatic heterocycles. The van der Waals surface area contributed by atoms with Crippen molar-refractivity contribution in [2.45, 2.75) is 45.2 Å². The summed E-state index contributed by atoms with van der Waals surface area (Å²) in [4.78, 5) is 2.30. The van der Waals surface area contributed by atoms with Gasteiger partial charge < -0.3 is 10.2 Å². The molecule has 0 radical (unpaired) electrons. The smallest absolute Gasteiger partial charge is 0.151 e. The van der Waals surface area contributed by atoms with E-state index in [-0.39, 0.29) is 0 Å². The van der Waals surface area contributed by atoms with E-state index in [9.17, 15) is 0 Å². The van der Waals surface area contributed by atoms with Crippen molar-refractivity contribution in [1.29, 1.82) is 0 Å². The van der Waals surface area contributed by atoms with E-state index < -0.39 is 0 Å². The Bertz CT molecular complexity index is 363. The molecule has 100 valence electrons. The van der Waals surface area contributed by atoms with Crippen LogP contribution in [-0.4, -0.2) is 30.3 Å². The van der Waals surface area contributed by atoms with Gasteiger partial charge in [0.2, 0.25) is 0 Å². The van der Waals surface area contributed by atoms with Crippen LogP contribution in [0.5, 0.6) is 0 Å². The van der Waals surface area contributed by atoms with Gasteiger partial charge in [0.1, 0.15) is 0 Å². The van der Waals surface area contributed by atoms with Crippen molar-refractivity contribution < 1.29 is 0 Å². The van der Waals surface area contributed by atoms with Crippen molar-refractivity contribution >= 4 is 5.82 Å². The van der Waals surface area contributed by atoms with Gasteiger partial charge in [0, 0.05) is 19.6 Å². The molecule has 2 unspecified atom stereocenters. The van der Waals surface area contributed by atoms with Crippen molar-refractivity contribution in [2.75, 3.05) is 19.0 Å². The molecular weight excluding hydrogens is 224 g/mol. The zero-order valence-electron chi connectivity index (χ0n) is 11.7. The third-order valence-electron chi connectivity index (χ3n) is 3.88. The third kappa shape index (κ3) is 3.19. The molecule has 4 heteroatoms. The minimum Gasteiger partial charge on any atom is -0.355 e. The number of rotatable bonds is 4. The van der Waals surface area contributed by atoms with Gasteiger partial charge in [0.15, 0.2) is 5.82 Å². The van der Waals surface area contributed by atoms with Crippen LogP contribution in [0.1, 0.15) is 38.3 Å². The maximum Gasteiger partial charge on any atom is 0.151 e. The predicted octanol–water partition coefficient (Wildman–Crippen LogP) is 2.21. The lowest BCUT2D eigenvalue weighted by atomic mass is 9.86. The Morgan fingerprint density at radius 3 is 2.78 bits per heavy atom. The van der Waals surface area contributed by atoms with Crippen LogP contribution in [0.15, 0.2) is 12.1 Å². The van der Waals surface area contributed by atoms with E-state index in [0.717, 1.165) is 24.0 Å². The minimum absolute atomic E-state index is 0.623. The fourth-order valence-corrected chi connectivity index (χ4v) is 2.76. The van der Waals surface area contributed by atoms with E-state index in [1.54, 1.807) is 0 Å². The number of aromatic nitrogens is 2. The zero-order valence-corrected chi connectivity index (χ0v) is 11.7. The lowest BCUT2D eigenvalue weighted by molar-refractivity contribution is 0.335. The fraction of sp³-hybridized carbons (Fsp3) is 0.714. The molecule has 1 aliphatic rings. The average Bonchev–Trinajstić information content (AvgIpc) is 2.39. The van der Waals surface area contributed by atoms with Crippen LogP contribution in [-0.2, 0) is 6.54 Å². The summed E-state index contributed by atoms with van der Waals surface area (Å²) in [6, 6.07) is 4.76. The summed E-state index contributed by atoms with van der Waals surface area (Å²) in [5.74, 6) is 1.83. The number of nitrogens with one attached hydrogen (secondary N) is 1. The van der Waals surface area contributed by atoms with Crippen molar-refractivity contribution in [3.63, 3.8) is 0 Å². The molecule has 1 saturated carbocycles. The van der Waals surface area contributed by atoms with Crippen LogP contribution in [0, 0.1) is 5.92 Å². The van der Waals surface area contributed by atoms with E-state index in [4.69, 9.17) is 0 Å². The molecule has 18 heavy (non-hydrogen) atoms. The van der Waals surface area contributed by atoms with Crippen molar-refractivity contribution in [2.24, 2.45) is 5.92 Å². The fourth-order valence-electron chi connectivity index (χ4n) is 2.76. The molecule has 0 aromatic carbocycles. The van der Waals surface area contributed by atoms with Gasteiger partial charge in [-0.2, -0.15) is 5.10 Å². The van der Waals surface area contributed by atoms with Gasteiger partial charge in [-0.05, 0) is 37.9 Å². The monoisotopic (exact) mass is 248 g/mol. The van der Waals surface area contributed by atoms with E-state index >= 15 is 0 Å². The maximum atomic E-state index is 4.33. The Balaban J connectivity index is 2.01. The van der Waals surface area contributed by atoms with E-state index in [1.807, 2.05) is 7.05 Å². The Morgan fingerprint density at radius 1 is 1.33 bits per heavy atom. The highest BCUT2D eigenvalue weighted by Crippen LogP contribution is 2.28. The standard InChI is InChI=1S/C14H24N4/c1-11-5-4-6-13(9-11)18(3)14-8-7-12(10-15-2)16-17-14/h7-8,11,13,15H,4-6,9-10H2,1-3H3. The SMILES string of the molecule is CNCc1ccc(N(C)C2CCCC(C)C2)nn1. The second-order valence-electron chi connectivity index (χ2n) is 5.45. The van der Waals surface area contributed by atoms with E-state index in [1.165, 1.54) is 25.7 Å². The summed E-state index contributed by atoms with van der Waals surface area (Å²) in [5, 5.41) is 11.7. The predicted molar refractivity (Wildman–Crippen MR) is 74.6 cm³/mol. The Labute approximate surface area is 110 Å². The average molecular weight is 248 g/mol. The second kappa shape index (κ2) is 6.14. The van der Waals surface area contributed by atoms with Crippen molar-refractivity contribution in [3.05, 3.63) is 17.8 Å². The summed E-state index contributed by atoms with van der Waals surface area (Å²) >= 11 is 0. The number of hydrogen-bond donors (Lipinski definition) is 1. The van der Waals surface area contributed by atoms with Gasteiger partial charge in [-0.1, -0.05) is 19.8 Å². The second-order valence-corrected chi connectivity index (χ2v) is 5.45. The molecule has 0 spiro atoms. The van der Waals surface area contributed by atoms with Gasteiger partial charge >= 0.3 is 0 Å². The molecule has 0 saturated heterocycles. The first-order valence-electron chi connectivity index (χ1n) is 6.90. The molecule has 1 fully saturated rings. The summed E-state index contributed by atoms with van der Waals surface area (Å²) in [6.45, 7) is 3.12. The van der Waals surface area contributed by atoms with E-state index in [0.29, 0.717) is 6.04 Å². The normalized spacial score (nSPS) is 23.9. The molecule has 1 aromatic rings. The molecule has 1 heterocycles. The van der Waals surface area contributed by atoms with Crippen LogP contribution in [0.2, 0.25) is 0 Å². The molecule has 4 nitrogen and oxygen atoms in total. The molecular formula is C14H24N4. The topological polar surface area (TPSA) is 41.0 Å². The van der Waals surface area contributed by atoms with Crippen molar-refractivity contribution in [3.8, 4) is 0 Å². The zero-order chi connectivity index (χ0) is 13.0. The lowest BCUT2D eigenvalue weighted by Gasteiger charge is -2.34. The van der Waals surface area contributed by atoms with Gasteiger partial charge in [0.05, 0.1) is 5.69 Å². The molecule has 1 aliphatic carbocycles. The highest BCUT2D eigenvalue weighted by atomic mass is 15.3. The van der Waals surface area contributed by atoms with Gasteiger partial charge in [-0.25, -0.2) is 0 Å². The highest BCUT2D eigenvalue weighted by Gasteiger charge is 2.23. The van der Waals surface area contributed by atoms with Crippen LogP contribution < -0.4 is 10.2 Å². The van der Waals surface area contributed by atoms with E-state index in [2.05, 4.69) is 46.5 Å². The summed E-state index contributed by atoms with van der Waals surface area (Å²) < 4.78 is 0. The van der Waals surface area contributed by atoms with Crippen LogP contribution in [0.25, 0.3) is 0 Å². The van der Waals surface area contributed by atoms with Gasteiger partial charge in [-0.3, -0.25) is 0 Å². The third-order valence-corrected chi connectivity index (χ3v) is 3.88.